The fourth-order valence-electron chi connectivity index (χ4n) is 4.23. The highest BCUT2D eigenvalue weighted by atomic mass is 19.1. The van der Waals surface area contributed by atoms with Gasteiger partial charge in [-0.05, 0) is 37.5 Å². The molecule has 0 atom stereocenters. The van der Waals surface area contributed by atoms with Crippen molar-refractivity contribution in [2.24, 2.45) is 0 Å². The van der Waals surface area contributed by atoms with E-state index in [1.807, 2.05) is 30.3 Å². The lowest BCUT2D eigenvalue weighted by Crippen LogP contribution is -2.13. The Labute approximate surface area is 197 Å². The van der Waals surface area contributed by atoms with Crippen LogP contribution >= 0.6 is 0 Å². The number of carbonyl (C=O) groups is 1. The average Bonchev–Trinajstić information content (AvgIpc) is 3.42. The van der Waals surface area contributed by atoms with Gasteiger partial charge in [0.05, 0.1) is 11.9 Å². The number of amides is 1. The topological polar surface area (TPSA) is 85.8 Å². The Morgan fingerprint density at radius 2 is 1.94 bits per heavy atom. The second-order valence-corrected chi connectivity index (χ2v) is 8.48. The maximum Gasteiger partial charge on any atom is 0.224 e. The molecule has 3 heterocycles. The average molecular weight is 460 g/mol. The zero-order chi connectivity index (χ0) is 23.3. The van der Waals surface area contributed by atoms with E-state index in [4.69, 9.17) is 4.42 Å². The molecule has 0 bridgehead atoms. The molecule has 0 saturated carbocycles. The Morgan fingerprint density at radius 3 is 2.82 bits per heavy atom. The second-order valence-electron chi connectivity index (χ2n) is 8.48. The maximum absolute atomic E-state index is 14.4. The van der Waals surface area contributed by atoms with Crippen molar-refractivity contribution in [1.82, 2.24) is 19.7 Å². The van der Waals surface area contributed by atoms with Crippen LogP contribution in [-0.2, 0) is 24.2 Å². The molecule has 4 aromatic rings. The summed E-state index contributed by atoms with van der Waals surface area (Å²) >= 11 is 0. The van der Waals surface area contributed by atoms with Crippen LogP contribution in [0, 0.1) is 5.82 Å². The van der Waals surface area contributed by atoms with Crippen LogP contribution in [-0.4, -0.2) is 25.7 Å². The number of aryl methyl sites for hydroxylation is 2. The molecule has 174 valence electrons. The number of oxazole rings is 1. The van der Waals surface area contributed by atoms with Crippen molar-refractivity contribution in [2.45, 2.75) is 51.5 Å². The van der Waals surface area contributed by atoms with Gasteiger partial charge in [0.2, 0.25) is 5.91 Å². The second kappa shape index (κ2) is 9.99. The Balaban J connectivity index is 1.20. The number of carbonyl (C=O) groups excluding carboxylic acids is 1. The van der Waals surface area contributed by atoms with Gasteiger partial charge in [0.1, 0.15) is 11.6 Å². The molecule has 7 nitrogen and oxygen atoms in total. The highest BCUT2D eigenvalue weighted by Gasteiger charge is 2.18. The van der Waals surface area contributed by atoms with Crippen LogP contribution in [0.2, 0.25) is 0 Å². The SMILES string of the molecule is O=C(CCCc1ncc(-c2ccccc2)o1)Nc1cc(-c2nnc3n2CCCCC3)ccc1F. The molecule has 0 radical (unpaired) electrons. The number of halogens is 1. The highest BCUT2D eigenvalue weighted by molar-refractivity contribution is 5.91. The van der Waals surface area contributed by atoms with Gasteiger partial charge < -0.3 is 14.3 Å². The largest absolute Gasteiger partial charge is 0.441 e. The van der Waals surface area contributed by atoms with Crippen LogP contribution in [0.1, 0.15) is 43.8 Å². The van der Waals surface area contributed by atoms with Crippen molar-refractivity contribution < 1.29 is 13.6 Å². The number of hydrogen-bond donors (Lipinski definition) is 1. The van der Waals surface area contributed by atoms with E-state index in [-0.39, 0.29) is 18.0 Å². The van der Waals surface area contributed by atoms with E-state index >= 15 is 0 Å². The number of rotatable bonds is 7. The van der Waals surface area contributed by atoms with Gasteiger partial charge in [-0.15, -0.1) is 10.2 Å². The van der Waals surface area contributed by atoms with Crippen LogP contribution in [0.5, 0.6) is 0 Å². The number of nitrogens with zero attached hydrogens (tertiary/aromatic N) is 4. The minimum atomic E-state index is -0.479. The number of fused-ring (bicyclic) bond motifs is 1. The lowest BCUT2D eigenvalue weighted by atomic mass is 10.1. The molecule has 0 fully saturated rings. The summed E-state index contributed by atoms with van der Waals surface area (Å²) in [7, 11) is 0. The van der Waals surface area contributed by atoms with Crippen molar-refractivity contribution in [1.29, 1.82) is 0 Å². The first-order chi connectivity index (χ1) is 16.7. The molecule has 0 saturated heterocycles. The summed E-state index contributed by atoms with van der Waals surface area (Å²) in [5.74, 6) is 2.21. The standard InChI is InChI=1S/C26H26FN5O2/c27-20-14-13-19(26-31-30-23-10-5-2-6-15-32(23)26)16-21(20)29-24(33)11-7-12-25-28-17-22(34-25)18-8-3-1-4-9-18/h1,3-4,8-9,13-14,16-17H,2,5-7,10-12,15H2,(H,29,33). The molecule has 2 aromatic heterocycles. The maximum atomic E-state index is 14.4. The van der Waals surface area contributed by atoms with E-state index in [2.05, 4.69) is 25.1 Å². The molecule has 5 rings (SSSR count). The summed E-state index contributed by atoms with van der Waals surface area (Å²) in [6.45, 7) is 0.851. The van der Waals surface area contributed by atoms with Crippen LogP contribution in [0.3, 0.4) is 0 Å². The Kier molecular flexibility index (Phi) is 6.46. The third-order valence-corrected chi connectivity index (χ3v) is 6.01. The Morgan fingerprint density at radius 1 is 1.06 bits per heavy atom. The first-order valence-corrected chi connectivity index (χ1v) is 11.7. The highest BCUT2D eigenvalue weighted by Crippen LogP contribution is 2.27. The van der Waals surface area contributed by atoms with Crippen molar-refractivity contribution in [2.75, 3.05) is 5.32 Å². The molecular weight excluding hydrogens is 433 g/mol. The quantitative estimate of drug-likeness (QED) is 0.398. The first kappa shape index (κ1) is 22.0. The lowest BCUT2D eigenvalue weighted by Gasteiger charge is -2.10. The van der Waals surface area contributed by atoms with Crippen LogP contribution in [0.25, 0.3) is 22.7 Å². The van der Waals surface area contributed by atoms with E-state index in [0.717, 1.165) is 49.2 Å². The zero-order valence-electron chi connectivity index (χ0n) is 18.8. The molecule has 8 heteroatoms. The normalized spacial score (nSPS) is 13.3. The molecule has 2 aromatic carbocycles. The number of benzene rings is 2. The van der Waals surface area contributed by atoms with E-state index in [9.17, 15) is 9.18 Å². The molecule has 1 amide bonds. The van der Waals surface area contributed by atoms with Gasteiger partial charge in [0.15, 0.2) is 17.5 Å². The molecule has 34 heavy (non-hydrogen) atoms. The van der Waals surface area contributed by atoms with Gasteiger partial charge in [0.25, 0.3) is 0 Å². The lowest BCUT2D eigenvalue weighted by molar-refractivity contribution is -0.116. The van der Waals surface area contributed by atoms with Crippen molar-refractivity contribution in [3.63, 3.8) is 0 Å². The third kappa shape index (κ3) is 4.90. The molecule has 0 unspecified atom stereocenters. The van der Waals surface area contributed by atoms with Gasteiger partial charge in [0, 0.05) is 36.9 Å². The number of anilines is 1. The minimum absolute atomic E-state index is 0.149. The van der Waals surface area contributed by atoms with Gasteiger partial charge in [-0.3, -0.25) is 4.79 Å². The molecule has 0 spiro atoms. The third-order valence-electron chi connectivity index (χ3n) is 6.01. The molecule has 0 aliphatic carbocycles. The molecule has 1 aliphatic heterocycles. The number of hydrogen-bond acceptors (Lipinski definition) is 5. The van der Waals surface area contributed by atoms with E-state index in [0.29, 0.717) is 30.3 Å². The van der Waals surface area contributed by atoms with Crippen molar-refractivity contribution in [3.8, 4) is 22.7 Å². The van der Waals surface area contributed by atoms with Crippen LogP contribution < -0.4 is 5.32 Å². The molecule has 1 N–H and O–H groups in total. The monoisotopic (exact) mass is 459 g/mol. The summed E-state index contributed by atoms with van der Waals surface area (Å²) in [5, 5.41) is 11.3. The molecular formula is C26H26FN5O2. The smallest absolute Gasteiger partial charge is 0.224 e. The van der Waals surface area contributed by atoms with Gasteiger partial charge in [-0.2, -0.15) is 0 Å². The Hall–Kier alpha value is -3.81. The summed E-state index contributed by atoms with van der Waals surface area (Å²) in [6.07, 6.45) is 7.21. The Bertz CT molecular complexity index is 1280. The van der Waals surface area contributed by atoms with E-state index in [1.165, 1.54) is 6.07 Å². The van der Waals surface area contributed by atoms with Crippen LogP contribution in [0.4, 0.5) is 10.1 Å². The molecule has 1 aliphatic rings. The zero-order valence-corrected chi connectivity index (χ0v) is 18.8. The fourth-order valence-corrected chi connectivity index (χ4v) is 4.23. The summed E-state index contributed by atoms with van der Waals surface area (Å²) in [5.41, 5.74) is 1.85. The first-order valence-electron chi connectivity index (χ1n) is 11.7. The summed E-state index contributed by atoms with van der Waals surface area (Å²) < 4.78 is 22.3. The van der Waals surface area contributed by atoms with Crippen molar-refractivity contribution in [3.05, 3.63) is 72.3 Å². The van der Waals surface area contributed by atoms with E-state index in [1.54, 1.807) is 18.3 Å². The van der Waals surface area contributed by atoms with Crippen molar-refractivity contribution >= 4 is 11.6 Å². The summed E-state index contributed by atoms with van der Waals surface area (Å²) in [6, 6.07) is 14.4. The number of aromatic nitrogens is 4. The van der Waals surface area contributed by atoms with Gasteiger partial charge >= 0.3 is 0 Å². The minimum Gasteiger partial charge on any atom is -0.441 e. The fraction of sp³-hybridized carbons (Fsp3) is 0.308. The summed E-state index contributed by atoms with van der Waals surface area (Å²) in [4.78, 5) is 16.8. The van der Waals surface area contributed by atoms with Crippen LogP contribution in [0.15, 0.2) is 59.1 Å². The predicted molar refractivity (Wildman–Crippen MR) is 126 cm³/mol. The van der Waals surface area contributed by atoms with Gasteiger partial charge in [-0.25, -0.2) is 9.37 Å². The predicted octanol–water partition coefficient (Wildman–Crippen LogP) is 5.43. The van der Waals surface area contributed by atoms with Gasteiger partial charge in [-0.1, -0.05) is 36.8 Å². The van der Waals surface area contributed by atoms with E-state index < -0.39 is 5.82 Å². The number of nitrogens with one attached hydrogen (secondary N) is 1.